The molecular weight excluding hydrogens is 546 g/mol. The number of nitrogens with zero attached hydrogens (tertiary/aromatic N) is 4. The quantitative estimate of drug-likeness (QED) is 0.332. The number of nitriles is 1. The molecule has 220 valence electrons. The third-order valence-corrected chi connectivity index (χ3v) is 13.5. The summed E-state index contributed by atoms with van der Waals surface area (Å²) in [6, 6.07) is 9.61. The highest BCUT2D eigenvalue weighted by Gasteiger charge is 2.42. The molecule has 0 unspecified atom stereocenters. The first-order valence-corrected chi connectivity index (χ1v) is 17.2. The molecule has 3 aromatic rings. The predicted molar refractivity (Wildman–Crippen MR) is 167 cm³/mol. The SMILES string of the molecule is CNC(=O)c1cc(Nc2nccc(-c3cc(C#N)c4c(c3)[C@@](C)(CO[Si](C)(C)C(C)(C)C)CN4)n2)c(=O)n2c1CCC2. The van der Waals surface area contributed by atoms with E-state index in [2.05, 4.69) is 73.9 Å². The number of hydrogen-bond acceptors (Lipinski definition) is 8. The largest absolute Gasteiger partial charge is 0.416 e. The fourth-order valence-corrected chi connectivity index (χ4v) is 6.46. The maximum atomic E-state index is 13.2. The van der Waals surface area contributed by atoms with Crippen molar-refractivity contribution < 1.29 is 9.22 Å². The van der Waals surface area contributed by atoms with Crippen molar-refractivity contribution in [2.45, 2.75) is 70.6 Å². The van der Waals surface area contributed by atoms with Crippen LogP contribution in [0.15, 0.2) is 35.3 Å². The van der Waals surface area contributed by atoms with Gasteiger partial charge in [0, 0.05) is 49.6 Å². The number of pyridine rings is 1. The molecule has 0 aliphatic carbocycles. The van der Waals surface area contributed by atoms with Crippen molar-refractivity contribution in [2.75, 3.05) is 30.8 Å². The minimum absolute atomic E-state index is 0.0879. The number of aromatic nitrogens is 3. The van der Waals surface area contributed by atoms with E-state index in [0.29, 0.717) is 42.9 Å². The zero-order valence-corrected chi connectivity index (χ0v) is 26.4. The second kappa shape index (κ2) is 10.7. The highest BCUT2D eigenvalue weighted by Crippen LogP contribution is 2.44. The van der Waals surface area contributed by atoms with Crippen LogP contribution >= 0.6 is 0 Å². The molecule has 2 aromatic heterocycles. The normalized spacial score (nSPS) is 17.7. The molecule has 1 amide bonds. The van der Waals surface area contributed by atoms with Gasteiger partial charge in [0.15, 0.2) is 8.32 Å². The van der Waals surface area contributed by atoms with E-state index in [9.17, 15) is 14.9 Å². The summed E-state index contributed by atoms with van der Waals surface area (Å²) < 4.78 is 8.29. The summed E-state index contributed by atoms with van der Waals surface area (Å²) in [5.74, 6) is -0.0121. The number of hydrogen-bond donors (Lipinski definition) is 3. The fourth-order valence-electron chi connectivity index (χ4n) is 5.34. The molecule has 0 spiro atoms. The summed E-state index contributed by atoms with van der Waals surface area (Å²) in [7, 11) is -0.409. The Morgan fingerprint density at radius 2 is 2.05 bits per heavy atom. The molecule has 2 aliphatic rings. The first-order valence-electron chi connectivity index (χ1n) is 14.3. The van der Waals surface area contributed by atoms with Crippen LogP contribution in [-0.4, -0.2) is 49.0 Å². The third kappa shape index (κ3) is 5.21. The average molecular weight is 586 g/mol. The monoisotopic (exact) mass is 585 g/mol. The van der Waals surface area contributed by atoms with Gasteiger partial charge in [0.1, 0.15) is 11.8 Å². The lowest BCUT2D eigenvalue weighted by Gasteiger charge is -2.39. The molecule has 1 atom stereocenters. The molecule has 0 saturated heterocycles. The van der Waals surface area contributed by atoms with E-state index in [1.165, 1.54) is 0 Å². The van der Waals surface area contributed by atoms with Crippen molar-refractivity contribution in [1.82, 2.24) is 19.9 Å². The number of amides is 1. The summed E-state index contributed by atoms with van der Waals surface area (Å²) >= 11 is 0. The Bertz CT molecular complexity index is 1670. The Hall–Kier alpha value is -4.01. The highest BCUT2D eigenvalue weighted by atomic mass is 28.4. The van der Waals surface area contributed by atoms with E-state index in [4.69, 9.17) is 9.41 Å². The number of fused-ring (bicyclic) bond motifs is 2. The summed E-state index contributed by atoms with van der Waals surface area (Å²) in [6.45, 7) is 15.1. The van der Waals surface area contributed by atoms with Gasteiger partial charge in [-0.25, -0.2) is 9.97 Å². The van der Waals surface area contributed by atoms with Crippen molar-refractivity contribution in [3.05, 3.63) is 63.2 Å². The van der Waals surface area contributed by atoms with Gasteiger partial charge in [-0.1, -0.05) is 27.7 Å². The van der Waals surface area contributed by atoms with E-state index in [0.717, 1.165) is 28.9 Å². The maximum Gasteiger partial charge on any atom is 0.274 e. The Kier molecular flexibility index (Phi) is 7.49. The van der Waals surface area contributed by atoms with E-state index in [-0.39, 0.29) is 33.6 Å². The van der Waals surface area contributed by atoms with Gasteiger partial charge in [-0.2, -0.15) is 5.26 Å². The van der Waals surface area contributed by atoms with Gasteiger partial charge in [-0.15, -0.1) is 0 Å². The summed E-state index contributed by atoms with van der Waals surface area (Å²) in [4.78, 5) is 34.8. The maximum absolute atomic E-state index is 13.2. The number of nitrogens with one attached hydrogen (secondary N) is 3. The molecule has 42 heavy (non-hydrogen) atoms. The Labute approximate surface area is 247 Å². The lowest BCUT2D eigenvalue weighted by atomic mass is 9.83. The average Bonchev–Trinajstić information content (AvgIpc) is 3.58. The van der Waals surface area contributed by atoms with Crippen LogP contribution in [0.2, 0.25) is 18.1 Å². The van der Waals surface area contributed by atoms with E-state index in [1.54, 1.807) is 29.9 Å². The molecule has 3 N–H and O–H groups in total. The van der Waals surface area contributed by atoms with Crippen molar-refractivity contribution in [2.24, 2.45) is 0 Å². The van der Waals surface area contributed by atoms with E-state index >= 15 is 0 Å². The number of carbonyl (C=O) groups excluding carboxylic acids is 1. The van der Waals surface area contributed by atoms with Crippen LogP contribution in [0.4, 0.5) is 17.3 Å². The van der Waals surface area contributed by atoms with Gasteiger partial charge in [0.2, 0.25) is 5.95 Å². The molecule has 0 fully saturated rings. The van der Waals surface area contributed by atoms with E-state index in [1.807, 2.05) is 6.07 Å². The summed E-state index contributed by atoms with van der Waals surface area (Å²) in [6.07, 6.45) is 3.11. The van der Waals surface area contributed by atoms with Crippen LogP contribution in [0.3, 0.4) is 0 Å². The molecule has 2 aliphatic heterocycles. The van der Waals surface area contributed by atoms with Gasteiger partial charge in [0.05, 0.1) is 22.5 Å². The molecule has 10 nitrogen and oxygen atoms in total. The van der Waals surface area contributed by atoms with Gasteiger partial charge in [0.25, 0.3) is 11.5 Å². The standard InChI is InChI=1S/C31H39N7O3Si/c1-30(2,3)42(6,7)41-18-31(4)17-35-26-20(16-32)13-19(14-22(26)31)23-10-11-34-29(36-23)37-24-15-21(27(39)33-5)25-9-8-12-38(25)28(24)40/h10-11,13-15,35H,8-9,12,17-18H2,1-7H3,(H,33,39)(H,34,36,37)/t31-/m1/s1. The van der Waals surface area contributed by atoms with Crippen LogP contribution in [0.25, 0.3) is 11.3 Å². The zero-order valence-electron chi connectivity index (χ0n) is 25.4. The van der Waals surface area contributed by atoms with E-state index < -0.39 is 8.32 Å². The van der Waals surface area contributed by atoms with Crippen molar-refractivity contribution in [1.29, 1.82) is 5.26 Å². The molecule has 0 radical (unpaired) electrons. The number of anilines is 3. The van der Waals surface area contributed by atoms with Crippen LogP contribution < -0.4 is 21.5 Å². The van der Waals surface area contributed by atoms with Gasteiger partial charge >= 0.3 is 0 Å². The first-order chi connectivity index (χ1) is 19.8. The minimum atomic E-state index is -1.98. The number of carbonyl (C=O) groups is 1. The lowest BCUT2D eigenvalue weighted by Crippen LogP contribution is -2.45. The van der Waals surface area contributed by atoms with Crippen molar-refractivity contribution >= 4 is 31.5 Å². The highest BCUT2D eigenvalue weighted by molar-refractivity contribution is 6.74. The summed E-state index contributed by atoms with van der Waals surface area (Å²) in [5, 5.41) is 19.3. The molecule has 0 saturated carbocycles. The molecule has 0 bridgehead atoms. The Balaban J connectivity index is 1.49. The molecule has 11 heteroatoms. The molecule has 5 rings (SSSR count). The number of benzene rings is 1. The van der Waals surface area contributed by atoms with Crippen LogP contribution in [0.5, 0.6) is 0 Å². The lowest BCUT2D eigenvalue weighted by molar-refractivity contribution is 0.0961. The molecular formula is C31H39N7O3Si. The predicted octanol–water partition coefficient (Wildman–Crippen LogP) is 4.93. The van der Waals surface area contributed by atoms with Gasteiger partial charge in [-0.3, -0.25) is 9.59 Å². The zero-order chi connectivity index (χ0) is 30.4. The first kappa shape index (κ1) is 29.5. The Morgan fingerprint density at radius 3 is 2.74 bits per heavy atom. The summed E-state index contributed by atoms with van der Waals surface area (Å²) in [5.41, 5.74) is 4.70. The third-order valence-electron chi connectivity index (χ3n) is 8.99. The van der Waals surface area contributed by atoms with Gasteiger partial charge < -0.3 is 24.9 Å². The van der Waals surface area contributed by atoms with Crippen molar-refractivity contribution in [3.8, 4) is 17.3 Å². The van der Waals surface area contributed by atoms with Gasteiger partial charge in [-0.05, 0) is 60.8 Å². The smallest absolute Gasteiger partial charge is 0.274 e. The molecule has 4 heterocycles. The topological polar surface area (TPSA) is 134 Å². The fraction of sp³-hybridized carbons (Fsp3) is 0.452. The van der Waals surface area contributed by atoms with Crippen LogP contribution in [-0.2, 0) is 22.8 Å². The minimum Gasteiger partial charge on any atom is -0.416 e. The van der Waals surface area contributed by atoms with Crippen LogP contribution in [0.1, 0.15) is 61.3 Å². The molecule has 1 aromatic carbocycles. The van der Waals surface area contributed by atoms with Crippen LogP contribution in [0, 0.1) is 11.3 Å². The van der Waals surface area contributed by atoms with Crippen molar-refractivity contribution in [3.63, 3.8) is 0 Å². The number of rotatable bonds is 7. The second-order valence-electron chi connectivity index (χ2n) is 13.0. The second-order valence-corrected chi connectivity index (χ2v) is 17.8. The Morgan fingerprint density at radius 1 is 1.29 bits per heavy atom.